The van der Waals surface area contributed by atoms with Gasteiger partial charge in [-0.25, -0.2) is 0 Å². The number of amides is 1. The fourth-order valence-electron chi connectivity index (χ4n) is 4.25. The molecule has 0 N–H and O–H groups in total. The number of benzene rings is 1. The molecule has 0 bridgehead atoms. The van der Waals surface area contributed by atoms with Crippen LogP contribution in [0.1, 0.15) is 44.1 Å². The van der Waals surface area contributed by atoms with Crippen molar-refractivity contribution in [3.05, 3.63) is 29.8 Å². The third kappa shape index (κ3) is 1.72. The highest BCUT2D eigenvalue weighted by Gasteiger charge is 2.47. The molecule has 4 rings (SSSR count). The fourth-order valence-corrected chi connectivity index (χ4v) is 4.25. The van der Waals surface area contributed by atoms with Gasteiger partial charge >= 0.3 is 0 Å². The minimum atomic E-state index is -0.209. The number of hydrogen-bond acceptors (Lipinski definition) is 2. The van der Waals surface area contributed by atoms with Gasteiger partial charge in [-0.1, -0.05) is 31.0 Å². The summed E-state index contributed by atoms with van der Waals surface area (Å²) >= 11 is 0. The number of nitrogens with zero attached hydrogens (tertiary/aromatic N) is 1. The van der Waals surface area contributed by atoms with Crippen LogP contribution in [0.25, 0.3) is 0 Å². The fraction of sp³-hybridized carbons (Fsp3) is 0.588. The Morgan fingerprint density at radius 2 is 2.00 bits per heavy atom. The van der Waals surface area contributed by atoms with Crippen LogP contribution < -0.4 is 4.90 Å². The zero-order valence-corrected chi connectivity index (χ0v) is 11.8. The Labute approximate surface area is 119 Å². The monoisotopic (exact) mass is 271 g/mol. The van der Waals surface area contributed by atoms with E-state index in [0.29, 0.717) is 0 Å². The summed E-state index contributed by atoms with van der Waals surface area (Å²) in [4.78, 5) is 14.8. The van der Waals surface area contributed by atoms with Gasteiger partial charge in [0, 0.05) is 24.3 Å². The highest BCUT2D eigenvalue weighted by molar-refractivity contribution is 5.99. The molecule has 2 heterocycles. The summed E-state index contributed by atoms with van der Waals surface area (Å²) in [5.74, 6) is 0.179. The van der Waals surface area contributed by atoms with Crippen LogP contribution in [0.3, 0.4) is 0 Å². The normalized spacial score (nSPS) is 27.2. The zero-order valence-electron chi connectivity index (χ0n) is 11.8. The Kier molecular flexibility index (Phi) is 2.84. The van der Waals surface area contributed by atoms with Crippen LogP contribution in [0.4, 0.5) is 5.69 Å². The summed E-state index contributed by atoms with van der Waals surface area (Å²) in [7, 11) is 0. The van der Waals surface area contributed by atoms with Crippen LogP contribution in [0.2, 0.25) is 0 Å². The summed E-state index contributed by atoms with van der Waals surface area (Å²) in [6.07, 6.45) is 6.70. The van der Waals surface area contributed by atoms with Crippen molar-refractivity contribution in [1.29, 1.82) is 0 Å². The Morgan fingerprint density at radius 1 is 1.20 bits per heavy atom. The van der Waals surface area contributed by atoms with Crippen LogP contribution in [0, 0.1) is 0 Å². The van der Waals surface area contributed by atoms with Crippen molar-refractivity contribution in [2.75, 3.05) is 18.1 Å². The number of hydrogen-bond donors (Lipinski definition) is 0. The number of fused-ring (bicyclic) bond motifs is 2. The Balaban J connectivity index is 1.70. The molecule has 3 nitrogen and oxygen atoms in total. The third-order valence-corrected chi connectivity index (χ3v) is 5.26. The van der Waals surface area contributed by atoms with E-state index in [-0.39, 0.29) is 17.4 Å². The molecule has 2 aliphatic heterocycles. The quantitative estimate of drug-likeness (QED) is 0.785. The van der Waals surface area contributed by atoms with Gasteiger partial charge in [-0.05, 0) is 37.3 Å². The van der Waals surface area contributed by atoms with Crippen molar-refractivity contribution in [1.82, 2.24) is 0 Å². The lowest BCUT2D eigenvalue weighted by atomic mass is 9.81. The van der Waals surface area contributed by atoms with E-state index in [1.54, 1.807) is 0 Å². The maximum atomic E-state index is 12.8. The van der Waals surface area contributed by atoms with Crippen molar-refractivity contribution >= 4 is 11.6 Å². The average Bonchev–Trinajstić information content (AvgIpc) is 3.21. The standard InChI is InChI=1S/C17H21NO2/c19-16(15-8-5-11-20-15)18-12-17(9-3-4-10-17)13-6-1-2-7-14(13)18/h1-2,6-7,15H,3-5,8-12H2. The summed E-state index contributed by atoms with van der Waals surface area (Å²) in [6.45, 7) is 1.60. The zero-order chi connectivity index (χ0) is 13.6. The molecule has 1 aromatic carbocycles. The molecule has 106 valence electrons. The number of carbonyl (C=O) groups is 1. The van der Waals surface area contributed by atoms with E-state index in [0.717, 1.165) is 31.7 Å². The second kappa shape index (κ2) is 4.59. The van der Waals surface area contributed by atoms with Gasteiger partial charge in [0.2, 0.25) is 0 Å². The summed E-state index contributed by atoms with van der Waals surface area (Å²) in [6, 6.07) is 8.49. The minimum Gasteiger partial charge on any atom is -0.368 e. The van der Waals surface area contributed by atoms with Crippen molar-refractivity contribution in [2.24, 2.45) is 0 Å². The van der Waals surface area contributed by atoms with E-state index < -0.39 is 0 Å². The first-order valence-corrected chi connectivity index (χ1v) is 7.83. The SMILES string of the molecule is O=C(C1CCCO1)N1CC2(CCCC2)c2ccccc21. The Hall–Kier alpha value is -1.35. The molecule has 0 radical (unpaired) electrons. The van der Waals surface area contributed by atoms with Gasteiger partial charge < -0.3 is 9.64 Å². The first-order chi connectivity index (χ1) is 9.80. The highest BCUT2D eigenvalue weighted by Crippen LogP contribution is 2.50. The largest absolute Gasteiger partial charge is 0.368 e. The Morgan fingerprint density at radius 3 is 2.75 bits per heavy atom. The maximum absolute atomic E-state index is 12.8. The van der Waals surface area contributed by atoms with E-state index in [2.05, 4.69) is 18.2 Å². The van der Waals surface area contributed by atoms with Gasteiger partial charge in [0.1, 0.15) is 6.10 Å². The van der Waals surface area contributed by atoms with Gasteiger partial charge in [-0.15, -0.1) is 0 Å². The first-order valence-electron chi connectivity index (χ1n) is 7.83. The second-order valence-electron chi connectivity index (χ2n) is 6.43. The van der Waals surface area contributed by atoms with Crippen LogP contribution in [0.5, 0.6) is 0 Å². The molecule has 3 aliphatic rings. The minimum absolute atomic E-state index is 0.179. The predicted molar refractivity (Wildman–Crippen MR) is 77.9 cm³/mol. The molecule has 1 saturated carbocycles. The van der Waals surface area contributed by atoms with Crippen molar-refractivity contribution < 1.29 is 9.53 Å². The van der Waals surface area contributed by atoms with Crippen LogP contribution in [-0.4, -0.2) is 25.2 Å². The molecule has 20 heavy (non-hydrogen) atoms. The summed E-state index contributed by atoms with van der Waals surface area (Å²) in [5.41, 5.74) is 2.75. The van der Waals surface area contributed by atoms with Crippen molar-refractivity contribution in [3.8, 4) is 0 Å². The molecule has 1 aromatic rings. The van der Waals surface area contributed by atoms with Gasteiger partial charge in [0.25, 0.3) is 5.91 Å². The molecular formula is C17H21NO2. The maximum Gasteiger partial charge on any atom is 0.256 e. The number of anilines is 1. The van der Waals surface area contributed by atoms with Crippen LogP contribution >= 0.6 is 0 Å². The van der Waals surface area contributed by atoms with Crippen LogP contribution in [0.15, 0.2) is 24.3 Å². The molecule has 2 fully saturated rings. The molecular weight excluding hydrogens is 250 g/mol. The van der Waals surface area contributed by atoms with Gasteiger partial charge in [0.05, 0.1) is 0 Å². The third-order valence-electron chi connectivity index (χ3n) is 5.26. The molecule has 1 saturated heterocycles. The topological polar surface area (TPSA) is 29.5 Å². The number of carbonyl (C=O) groups excluding carboxylic acids is 1. The lowest BCUT2D eigenvalue weighted by Crippen LogP contribution is -2.41. The number of rotatable bonds is 1. The summed E-state index contributed by atoms with van der Waals surface area (Å²) in [5, 5.41) is 0. The highest BCUT2D eigenvalue weighted by atomic mass is 16.5. The van der Waals surface area contributed by atoms with E-state index in [1.165, 1.54) is 31.2 Å². The molecule has 0 aromatic heterocycles. The van der Waals surface area contributed by atoms with Crippen molar-refractivity contribution in [2.45, 2.75) is 50.0 Å². The van der Waals surface area contributed by atoms with E-state index in [4.69, 9.17) is 4.74 Å². The summed E-state index contributed by atoms with van der Waals surface area (Å²) < 4.78 is 5.60. The van der Waals surface area contributed by atoms with Gasteiger partial charge in [0.15, 0.2) is 0 Å². The van der Waals surface area contributed by atoms with Gasteiger partial charge in [-0.3, -0.25) is 4.79 Å². The van der Waals surface area contributed by atoms with Crippen LogP contribution in [-0.2, 0) is 14.9 Å². The van der Waals surface area contributed by atoms with E-state index in [1.807, 2.05) is 11.0 Å². The van der Waals surface area contributed by atoms with Crippen molar-refractivity contribution in [3.63, 3.8) is 0 Å². The smallest absolute Gasteiger partial charge is 0.256 e. The molecule has 1 spiro atoms. The lowest BCUT2D eigenvalue weighted by Gasteiger charge is -2.25. The second-order valence-corrected chi connectivity index (χ2v) is 6.43. The van der Waals surface area contributed by atoms with E-state index >= 15 is 0 Å². The lowest BCUT2D eigenvalue weighted by molar-refractivity contribution is -0.127. The molecule has 1 amide bonds. The molecule has 1 atom stereocenters. The molecule has 1 unspecified atom stereocenters. The predicted octanol–water partition coefficient (Wildman–Crippen LogP) is 3.02. The van der Waals surface area contributed by atoms with Gasteiger partial charge in [-0.2, -0.15) is 0 Å². The molecule has 1 aliphatic carbocycles. The van der Waals surface area contributed by atoms with E-state index in [9.17, 15) is 4.79 Å². The first kappa shape index (κ1) is 12.4. The molecule has 3 heteroatoms. The average molecular weight is 271 g/mol. The number of para-hydroxylation sites is 1. The Bertz CT molecular complexity index is 528. The number of ether oxygens (including phenoxy) is 1.